The van der Waals surface area contributed by atoms with Gasteiger partial charge in [0.05, 0.1) is 4.90 Å². The van der Waals surface area contributed by atoms with E-state index < -0.39 is 10.0 Å². The van der Waals surface area contributed by atoms with Gasteiger partial charge in [0.1, 0.15) is 12.0 Å². The molecule has 0 saturated carbocycles. The van der Waals surface area contributed by atoms with Crippen molar-refractivity contribution in [2.24, 2.45) is 0 Å². The van der Waals surface area contributed by atoms with Gasteiger partial charge < -0.3 is 10.6 Å². The number of nitrogens with zero attached hydrogens (tertiary/aromatic N) is 3. The van der Waals surface area contributed by atoms with E-state index in [0.29, 0.717) is 12.4 Å². The smallest absolute Gasteiger partial charge is 0.257 e. The molecule has 0 bridgehead atoms. The highest BCUT2D eigenvalue weighted by Gasteiger charge is 2.18. The molecule has 1 aromatic heterocycles. The second kappa shape index (κ2) is 8.24. The number of sulfonamides is 1. The van der Waals surface area contributed by atoms with Crippen molar-refractivity contribution in [3.05, 3.63) is 66.5 Å². The van der Waals surface area contributed by atoms with Crippen molar-refractivity contribution in [2.75, 3.05) is 22.6 Å². The van der Waals surface area contributed by atoms with E-state index in [9.17, 15) is 8.42 Å². The molecule has 0 aliphatic rings. The molecular formula is C19H22N6O2S. The lowest BCUT2D eigenvalue weighted by Crippen LogP contribution is -2.31. The Bertz CT molecular complexity index is 1040. The zero-order valence-corrected chi connectivity index (χ0v) is 16.4. The average Bonchev–Trinajstić information content (AvgIpc) is 2.70. The maximum atomic E-state index is 12.5. The van der Waals surface area contributed by atoms with Crippen molar-refractivity contribution in [1.82, 2.24) is 14.8 Å². The summed E-state index contributed by atoms with van der Waals surface area (Å²) in [6.07, 6.45) is 1.33. The van der Waals surface area contributed by atoms with Gasteiger partial charge in [0.2, 0.25) is 0 Å². The van der Waals surface area contributed by atoms with Crippen LogP contribution < -0.4 is 20.9 Å². The SMILES string of the molecule is CCN(c1ccccc1)c1ncnc(NNS(=O)(=O)c2ccc(C)cc2)c1N. The first kappa shape index (κ1) is 19.6. The summed E-state index contributed by atoms with van der Waals surface area (Å²) in [4.78, 5) is 12.7. The Hall–Kier alpha value is -3.17. The third kappa shape index (κ3) is 4.21. The number of nitrogens with one attached hydrogen (secondary N) is 2. The third-order valence-corrected chi connectivity index (χ3v) is 5.40. The number of nitrogens with two attached hydrogens (primary N) is 1. The summed E-state index contributed by atoms with van der Waals surface area (Å²) in [5.41, 5.74) is 10.9. The van der Waals surface area contributed by atoms with Gasteiger partial charge >= 0.3 is 0 Å². The Balaban J connectivity index is 1.84. The number of benzene rings is 2. The molecule has 146 valence electrons. The summed E-state index contributed by atoms with van der Waals surface area (Å²) in [7, 11) is -3.77. The molecule has 3 rings (SSSR count). The number of nitrogen functional groups attached to an aromatic ring is 1. The highest BCUT2D eigenvalue weighted by molar-refractivity contribution is 7.89. The quantitative estimate of drug-likeness (QED) is 0.524. The first-order chi connectivity index (χ1) is 13.4. The van der Waals surface area contributed by atoms with Crippen molar-refractivity contribution in [2.45, 2.75) is 18.7 Å². The number of aryl methyl sites for hydroxylation is 1. The molecule has 0 amide bonds. The summed E-state index contributed by atoms with van der Waals surface area (Å²) >= 11 is 0. The monoisotopic (exact) mass is 398 g/mol. The average molecular weight is 398 g/mol. The number of aromatic nitrogens is 2. The molecule has 0 spiro atoms. The number of hydrogen-bond acceptors (Lipinski definition) is 7. The minimum absolute atomic E-state index is 0.137. The van der Waals surface area contributed by atoms with Crippen LogP contribution in [0.2, 0.25) is 0 Å². The molecule has 0 aliphatic heterocycles. The van der Waals surface area contributed by atoms with Gasteiger partial charge in [-0.1, -0.05) is 35.9 Å². The summed E-state index contributed by atoms with van der Waals surface area (Å²) in [6, 6.07) is 16.2. The summed E-state index contributed by atoms with van der Waals surface area (Å²) in [5.74, 6) is 0.663. The Morgan fingerprint density at radius 3 is 2.36 bits per heavy atom. The van der Waals surface area contributed by atoms with Crippen molar-refractivity contribution in [3.63, 3.8) is 0 Å². The molecule has 9 heteroatoms. The molecule has 3 aromatic rings. The number of anilines is 4. The molecule has 0 atom stereocenters. The number of para-hydroxylation sites is 1. The first-order valence-electron chi connectivity index (χ1n) is 8.70. The molecule has 0 unspecified atom stereocenters. The minimum atomic E-state index is -3.77. The minimum Gasteiger partial charge on any atom is -0.393 e. The van der Waals surface area contributed by atoms with E-state index in [1.165, 1.54) is 18.5 Å². The summed E-state index contributed by atoms with van der Waals surface area (Å²) in [6.45, 7) is 4.49. The largest absolute Gasteiger partial charge is 0.393 e. The van der Waals surface area contributed by atoms with Gasteiger partial charge in [-0.25, -0.2) is 18.4 Å². The fourth-order valence-electron chi connectivity index (χ4n) is 2.66. The number of hydrogen-bond donors (Lipinski definition) is 3. The Kier molecular flexibility index (Phi) is 5.76. The van der Waals surface area contributed by atoms with E-state index >= 15 is 0 Å². The fourth-order valence-corrected chi connectivity index (χ4v) is 3.50. The van der Waals surface area contributed by atoms with Crippen molar-refractivity contribution >= 4 is 33.0 Å². The highest BCUT2D eigenvalue weighted by atomic mass is 32.2. The second-order valence-electron chi connectivity index (χ2n) is 6.08. The van der Waals surface area contributed by atoms with Crippen LogP contribution in [0.25, 0.3) is 0 Å². The standard InChI is InChI=1S/C19H22N6O2S/c1-3-25(15-7-5-4-6-8-15)19-17(20)18(21-13-22-19)23-24-28(26,27)16-11-9-14(2)10-12-16/h4-13,24H,3,20H2,1-2H3,(H,21,22,23). The van der Waals surface area contributed by atoms with Crippen LogP contribution in [-0.2, 0) is 10.0 Å². The first-order valence-corrected chi connectivity index (χ1v) is 10.2. The lowest BCUT2D eigenvalue weighted by molar-refractivity contribution is 0.587. The lowest BCUT2D eigenvalue weighted by Gasteiger charge is -2.24. The molecule has 0 saturated heterocycles. The molecule has 28 heavy (non-hydrogen) atoms. The van der Waals surface area contributed by atoms with Crippen LogP contribution >= 0.6 is 0 Å². The van der Waals surface area contributed by atoms with Crippen molar-refractivity contribution < 1.29 is 8.42 Å². The molecule has 0 fully saturated rings. The van der Waals surface area contributed by atoms with E-state index in [2.05, 4.69) is 20.2 Å². The van der Waals surface area contributed by atoms with Crippen LogP contribution in [0.15, 0.2) is 65.8 Å². The normalized spacial score (nSPS) is 11.2. The Morgan fingerprint density at radius 2 is 1.71 bits per heavy atom. The zero-order chi connectivity index (χ0) is 20.1. The third-order valence-electron chi connectivity index (χ3n) is 4.14. The lowest BCUT2D eigenvalue weighted by atomic mass is 10.2. The molecular weight excluding hydrogens is 376 g/mol. The number of rotatable bonds is 7. The van der Waals surface area contributed by atoms with Crippen molar-refractivity contribution in [3.8, 4) is 0 Å². The van der Waals surface area contributed by atoms with Crippen LogP contribution in [0.5, 0.6) is 0 Å². The van der Waals surface area contributed by atoms with Gasteiger partial charge in [0.25, 0.3) is 10.0 Å². The molecule has 4 N–H and O–H groups in total. The molecule has 1 heterocycles. The second-order valence-corrected chi connectivity index (χ2v) is 7.77. The van der Waals surface area contributed by atoms with Gasteiger partial charge in [0, 0.05) is 12.2 Å². The Labute approximate surface area is 164 Å². The van der Waals surface area contributed by atoms with E-state index in [1.807, 2.05) is 49.1 Å². The molecule has 8 nitrogen and oxygen atoms in total. The van der Waals surface area contributed by atoms with Gasteiger partial charge in [-0.05, 0) is 38.1 Å². The van der Waals surface area contributed by atoms with Crippen LogP contribution in [0, 0.1) is 6.92 Å². The van der Waals surface area contributed by atoms with Crippen LogP contribution in [0.4, 0.5) is 23.0 Å². The topological polar surface area (TPSA) is 113 Å². The van der Waals surface area contributed by atoms with Crippen molar-refractivity contribution in [1.29, 1.82) is 0 Å². The highest BCUT2D eigenvalue weighted by Crippen LogP contribution is 2.31. The fraction of sp³-hybridized carbons (Fsp3) is 0.158. The van der Waals surface area contributed by atoms with Crippen LogP contribution in [0.3, 0.4) is 0 Å². The van der Waals surface area contributed by atoms with Gasteiger partial charge in [-0.15, -0.1) is 4.83 Å². The zero-order valence-electron chi connectivity index (χ0n) is 15.6. The van der Waals surface area contributed by atoms with E-state index in [4.69, 9.17) is 5.73 Å². The maximum Gasteiger partial charge on any atom is 0.257 e. The molecule has 2 aromatic carbocycles. The van der Waals surface area contributed by atoms with Gasteiger partial charge in [-0.3, -0.25) is 5.43 Å². The number of hydrazine groups is 1. The predicted molar refractivity (Wildman–Crippen MR) is 111 cm³/mol. The molecule has 0 radical (unpaired) electrons. The summed E-state index contributed by atoms with van der Waals surface area (Å²) < 4.78 is 24.9. The van der Waals surface area contributed by atoms with Gasteiger partial charge in [0.15, 0.2) is 11.6 Å². The molecule has 0 aliphatic carbocycles. The predicted octanol–water partition coefficient (Wildman–Crippen LogP) is 2.83. The van der Waals surface area contributed by atoms with Gasteiger partial charge in [-0.2, -0.15) is 0 Å². The summed E-state index contributed by atoms with van der Waals surface area (Å²) in [5, 5.41) is 0. The van der Waals surface area contributed by atoms with E-state index in [1.54, 1.807) is 12.1 Å². The maximum absolute atomic E-state index is 12.5. The van der Waals surface area contributed by atoms with E-state index in [0.717, 1.165) is 11.3 Å². The van der Waals surface area contributed by atoms with E-state index in [-0.39, 0.29) is 16.4 Å². The Morgan fingerprint density at radius 1 is 1.04 bits per heavy atom. The van der Waals surface area contributed by atoms with Crippen LogP contribution in [-0.4, -0.2) is 24.9 Å². The van der Waals surface area contributed by atoms with Crippen LogP contribution in [0.1, 0.15) is 12.5 Å².